The second kappa shape index (κ2) is 11.5. The fraction of sp³-hybridized carbons (Fsp3) is 0.368. The van der Waals surface area contributed by atoms with Gasteiger partial charge in [-0.25, -0.2) is 0 Å². The van der Waals surface area contributed by atoms with E-state index in [0.29, 0.717) is 23.2 Å². The van der Waals surface area contributed by atoms with Crippen LogP contribution in [0.5, 0.6) is 17.2 Å². The third kappa shape index (κ3) is 6.16. The predicted octanol–water partition coefficient (Wildman–Crippen LogP) is 3.26. The zero-order valence-electron chi connectivity index (χ0n) is 16.3. The summed E-state index contributed by atoms with van der Waals surface area (Å²) in [5, 5.41) is 6.54. The molecule has 1 aromatic carbocycles. The molecule has 2 N–H and O–H groups in total. The summed E-state index contributed by atoms with van der Waals surface area (Å²) in [6.07, 6.45) is 4.56. The molecule has 0 spiro atoms. The van der Waals surface area contributed by atoms with Gasteiger partial charge < -0.3 is 24.8 Å². The summed E-state index contributed by atoms with van der Waals surface area (Å²) < 4.78 is 16.1. The zero-order chi connectivity index (χ0) is 18.9. The Labute approximate surface area is 177 Å². The van der Waals surface area contributed by atoms with Gasteiger partial charge >= 0.3 is 0 Å². The van der Waals surface area contributed by atoms with E-state index in [1.54, 1.807) is 28.4 Å². The Bertz CT molecular complexity index is 743. The lowest BCUT2D eigenvalue weighted by Crippen LogP contribution is -2.32. The second-order valence-corrected chi connectivity index (χ2v) is 5.59. The third-order valence-corrected chi connectivity index (χ3v) is 3.97. The molecule has 0 atom stereocenters. The maximum atomic E-state index is 5.38. The van der Waals surface area contributed by atoms with Crippen molar-refractivity contribution in [1.82, 2.24) is 10.3 Å². The van der Waals surface area contributed by atoms with Crippen LogP contribution in [0.1, 0.15) is 11.1 Å². The molecular weight excluding hydrogens is 459 g/mol. The van der Waals surface area contributed by atoms with Crippen LogP contribution >= 0.6 is 24.0 Å². The highest BCUT2D eigenvalue weighted by Crippen LogP contribution is 2.39. The molecule has 0 unspecified atom stereocenters. The van der Waals surface area contributed by atoms with Gasteiger partial charge in [0, 0.05) is 43.8 Å². The minimum atomic E-state index is 0. The first-order valence-electron chi connectivity index (χ1n) is 8.30. The van der Waals surface area contributed by atoms with Gasteiger partial charge in [0.15, 0.2) is 17.5 Å². The first kappa shape index (κ1) is 22.8. The van der Waals surface area contributed by atoms with E-state index in [2.05, 4.69) is 27.5 Å². The molecule has 0 saturated carbocycles. The van der Waals surface area contributed by atoms with E-state index in [9.17, 15) is 0 Å². The number of hydrogen-bond acceptors (Lipinski definition) is 5. The number of methoxy groups -OCH3 is 3. The average molecular weight is 486 g/mol. The van der Waals surface area contributed by atoms with Crippen molar-refractivity contribution >= 4 is 35.6 Å². The van der Waals surface area contributed by atoms with E-state index < -0.39 is 0 Å². The SMILES string of the molecule is CN=C(NCCc1ccncc1C)Nc1cc(OC)c(OC)c(OC)c1.I. The van der Waals surface area contributed by atoms with Crippen LogP contribution < -0.4 is 24.8 Å². The van der Waals surface area contributed by atoms with Crippen LogP contribution in [-0.2, 0) is 6.42 Å². The molecule has 0 bridgehead atoms. The van der Waals surface area contributed by atoms with Gasteiger partial charge in [0.05, 0.1) is 21.3 Å². The molecule has 0 aliphatic carbocycles. The van der Waals surface area contributed by atoms with Crippen molar-refractivity contribution in [2.75, 3.05) is 40.2 Å². The lowest BCUT2D eigenvalue weighted by Gasteiger charge is -2.16. The van der Waals surface area contributed by atoms with E-state index in [0.717, 1.165) is 18.7 Å². The van der Waals surface area contributed by atoms with Crippen molar-refractivity contribution < 1.29 is 14.2 Å². The Morgan fingerprint density at radius 1 is 1.11 bits per heavy atom. The number of aliphatic imine (C=N–C) groups is 1. The molecule has 0 fully saturated rings. The monoisotopic (exact) mass is 486 g/mol. The molecule has 2 rings (SSSR count). The molecule has 1 heterocycles. The molecule has 0 radical (unpaired) electrons. The molecule has 2 aromatic rings. The average Bonchev–Trinajstić information content (AvgIpc) is 2.67. The highest BCUT2D eigenvalue weighted by molar-refractivity contribution is 14.0. The summed E-state index contributed by atoms with van der Waals surface area (Å²) in [6, 6.07) is 5.70. The maximum absolute atomic E-state index is 5.38. The van der Waals surface area contributed by atoms with Crippen LogP contribution in [0.2, 0.25) is 0 Å². The summed E-state index contributed by atoms with van der Waals surface area (Å²) in [5.41, 5.74) is 3.23. The maximum Gasteiger partial charge on any atom is 0.203 e. The van der Waals surface area contributed by atoms with Crippen molar-refractivity contribution in [2.24, 2.45) is 4.99 Å². The van der Waals surface area contributed by atoms with Gasteiger partial charge in [-0.1, -0.05) is 0 Å². The van der Waals surface area contributed by atoms with E-state index in [-0.39, 0.29) is 24.0 Å². The topological polar surface area (TPSA) is 77.0 Å². The summed E-state index contributed by atoms with van der Waals surface area (Å²) in [5.74, 6) is 2.37. The number of rotatable bonds is 7. The lowest BCUT2D eigenvalue weighted by atomic mass is 10.1. The van der Waals surface area contributed by atoms with Gasteiger partial charge in [-0.2, -0.15) is 0 Å². The van der Waals surface area contributed by atoms with Crippen molar-refractivity contribution in [1.29, 1.82) is 0 Å². The molecule has 0 aliphatic rings. The second-order valence-electron chi connectivity index (χ2n) is 5.59. The van der Waals surface area contributed by atoms with Crippen LogP contribution in [0.4, 0.5) is 5.69 Å². The molecule has 0 amide bonds. The first-order valence-corrected chi connectivity index (χ1v) is 8.30. The molecule has 8 heteroatoms. The highest BCUT2D eigenvalue weighted by Gasteiger charge is 2.14. The van der Waals surface area contributed by atoms with E-state index in [1.165, 1.54) is 11.1 Å². The van der Waals surface area contributed by atoms with Crippen LogP contribution in [0.15, 0.2) is 35.6 Å². The van der Waals surface area contributed by atoms with Crippen molar-refractivity contribution in [2.45, 2.75) is 13.3 Å². The van der Waals surface area contributed by atoms with Gasteiger partial charge in [0.2, 0.25) is 5.75 Å². The number of aromatic nitrogens is 1. The number of halogens is 1. The van der Waals surface area contributed by atoms with Gasteiger partial charge in [-0.15, -0.1) is 24.0 Å². The van der Waals surface area contributed by atoms with Crippen LogP contribution in [-0.4, -0.2) is 45.9 Å². The number of anilines is 1. The minimum absolute atomic E-state index is 0. The van der Waals surface area contributed by atoms with Gasteiger partial charge in [0.25, 0.3) is 0 Å². The van der Waals surface area contributed by atoms with Gasteiger partial charge in [-0.3, -0.25) is 9.98 Å². The molecule has 148 valence electrons. The summed E-state index contributed by atoms with van der Waals surface area (Å²) >= 11 is 0. The molecule has 1 aromatic heterocycles. The Balaban J connectivity index is 0.00000364. The number of pyridine rings is 1. The molecule has 27 heavy (non-hydrogen) atoms. The third-order valence-electron chi connectivity index (χ3n) is 3.97. The quantitative estimate of drug-likeness (QED) is 0.356. The fourth-order valence-electron chi connectivity index (χ4n) is 2.57. The Morgan fingerprint density at radius 3 is 2.30 bits per heavy atom. The molecule has 0 aliphatic heterocycles. The normalized spacial score (nSPS) is 10.6. The number of hydrogen-bond donors (Lipinski definition) is 2. The first-order chi connectivity index (χ1) is 12.6. The number of benzene rings is 1. The smallest absolute Gasteiger partial charge is 0.203 e. The van der Waals surface area contributed by atoms with Gasteiger partial charge in [-0.05, 0) is 30.5 Å². The largest absolute Gasteiger partial charge is 0.493 e. The minimum Gasteiger partial charge on any atom is -0.493 e. The van der Waals surface area contributed by atoms with Crippen LogP contribution in [0.3, 0.4) is 0 Å². The number of nitrogens with zero attached hydrogens (tertiary/aromatic N) is 2. The Hall–Kier alpha value is -2.23. The predicted molar refractivity (Wildman–Crippen MR) is 119 cm³/mol. The Kier molecular flexibility index (Phi) is 9.70. The zero-order valence-corrected chi connectivity index (χ0v) is 18.7. The van der Waals surface area contributed by atoms with E-state index in [4.69, 9.17) is 14.2 Å². The number of ether oxygens (including phenoxy) is 3. The molecular formula is C19H27IN4O3. The van der Waals surface area contributed by atoms with E-state index in [1.807, 2.05) is 30.6 Å². The number of aryl methyl sites for hydroxylation is 1. The van der Waals surface area contributed by atoms with Crippen molar-refractivity contribution in [3.63, 3.8) is 0 Å². The van der Waals surface area contributed by atoms with Crippen molar-refractivity contribution in [3.05, 3.63) is 41.7 Å². The van der Waals surface area contributed by atoms with Crippen LogP contribution in [0, 0.1) is 6.92 Å². The highest BCUT2D eigenvalue weighted by atomic mass is 127. The fourth-order valence-corrected chi connectivity index (χ4v) is 2.57. The lowest BCUT2D eigenvalue weighted by molar-refractivity contribution is 0.324. The number of guanidine groups is 1. The standard InChI is InChI=1S/C19H26N4O3.HI/c1-13-12-21-8-6-14(13)7-9-22-19(20-2)23-15-10-16(24-3)18(26-5)17(11-15)25-4;/h6,8,10-12H,7,9H2,1-5H3,(H2,20,22,23);1H. The van der Waals surface area contributed by atoms with E-state index >= 15 is 0 Å². The van der Waals surface area contributed by atoms with Crippen molar-refractivity contribution in [3.8, 4) is 17.2 Å². The summed E-state index contributed by atoms with van der Waals surface area (Å²) in [4.78, 5) is 8.38. The summed E-state index contributed by atoms with van der Waals surface area (Å²) in [7, 11) is 6.48. The molecule has 7 nitrogen and oxygen atoms in total. The van der Waals surface area contributed by atoms with Gasteiger partial charge in [0.1, 0.15) is 0 Å². The number of nitrogens with one attached hydrogen (secondary N) is 2. The summed E-state index contributed by atoms with van der Waals surface area (Å²) in [6.45, 7) is 2.81. The Morgan fingerprint density at radius 2 is 1.78 bits per heavy atom. The molecule has 0 saturated heterocycles. The van der Waals surface area contributed by atoms with Crippen LogP contribution in [0.25, 0.3) is 0 Å².